The van der Waals surface area contributed by atoms with Gasteiger partial charge in [-0.05, 0) is 11.5 Å². The Morgan fingerprint density at radius 1 is 1.30 bits per heavy atom. The third-order valence-electron chi connectivity index (χ3n) is 3.20. The second-order valence-corrected chi connectivity index (χ2v) is 5.32. The summed E-state index contributed by atoms with van der Waals surface area (Å²) in [6, 6.07) is 11.0. The van der Waals surface area contributed by atoms with Crippen molar-refractivity contribution in [2.75, 3.05) is 13.2 Å². The number of benzene rings is 1. The zero-order valence-electron chi connectivity index (χ0n) is 12.8. The number of carboxylic acids is 1. The number of amides is 1. The normalized spacial score (nSPS) is 11.9. The summed E-state index contributed by atoms with van der Waals surface area (Å²) in [4.78, 5) is 22.6. The van der Waals surface area contributed by atoms with Crippen molar-refractivity contribution in [2.24, 2.45) is 5.92 Å². The summed E-state index contributed by atoms with van der Waals surface area (Å²) in [5.41, 5.74) is 1.05. The van der Waals surface area contributed by atoms with Crippen LogP contribution in [0.3, 0.4) is 0 Å². The van der Waals surface area contributed by atoms with Crippen LogP contribution in [-0.4, -0.2) is 30.1 Å². The highest BCUT2D eigenvalue weighted by Crippen LogP contribution is 2.08. The van der Waals surface area contributed by atoms with Crippen LogP contribution >= 0.6 is 0 Å². The van der Waals surface area contributed by atoms with Gasteiger partial charge in [0.2, 0.25) is 0 Å². The monoisotopic (exact) mass is 317 g/mol. The van der Waals surface area contributed by atoms with E-state index in [-0.39, 0.29) is 17.2 Å². The highest BCUT2D eigenvalue weighted by atomic mass is 16.5. The third kappa shape index (κ3) is 5.27. The number of carboxylic acid groups (broad SMARTS) is 1. The summed E-state index contributed by atoms with van der Waals surface area (Å²) in [7, 11) is 0. The van der Waals surface area contributed by atoms with Gasteiger partial charge in [-0.2, -0.15) is 0 Å². The van der Waals surface area contributed by atoms with Gasteiger partial charge in [-0.25, -0.2) is 4.79 Å². The molecule has 1 amide bonds. The summed E-state index contributed by atoms with van der Waals surface area (Å²) in [5.74, 6) is -1.46. The number of furan rings is 1. The number of rotatable bonds is 8. The molecule has 122 valence electrons. The van der Waals surface area contributed by atoms with E-state index in [2.05, 4.69) is 5.32 Å². The molecule has 0 spiro atoms. The quantitative estimate of drug-likeness (QED) is 0.781. The molecule has 2 aromatic rings. The summed E-state index contributed by atoms with van der Waals surface area (Å²) in [5, 5.41) is 11.5. The zero-order chi connectivity index (χ0) is 16.7. The molecule has 0 aliphatic rings. The molecule has 0 saturated carbocycles. The van der Waals surface area contributed by atoms with E-state index in [1.165, 1.54) is 6.07 Å². The predicted octanol–water partition coefficient (Wildman–Crippen LogP) is 2.56. The van der Waals surface area contributed by atoms with E-state index in [0.29, 0.717) is 19.8 Å². The lowest BCUT2D eigenvalue weighted by molar-refractivity contribution is 0.0695. The molecule has 0 fully saturated rings. The van der Waals surface area contributed by atoms with E-state index in [1.807, 2.05) is 37.3 Å². The summed E-state index contributed by atoms with van der Waals surface area (Å²) >= 11 is 0. The molecule has 0 bridgehead atoms. The fraction of sp³-hybridized carbons (Fsp3) is 0.294. The number of carbonyl (C=O) groups is 2. The average Bonchev–Trinajstić information content (AvgIpc) is 3.04. The minimum absolute atomic E-state index is 0.0141. The molecule has 1 aromatic heterocycles. The average molecular weight is 317 g/mol. The topological polar surface area (TPSA) is 88.8 Å². The van der Waals surface area contributed by atoms with E-state index in [4.69, 9.17) is 14.3 Å². The molecule has 1 aromatic carbocycles. The van der Waals surface area contributed by atoms with Crippen molar-refractivity contribution in [3.05, 3.63) is 59.5 Å². The SMILES string of the molecule is CC(CNC(=O)c1cc(C(=O)O)co1)COCc1ccccc1. The van der Waals surface area contributed by atoms with Crippen molar-refractivity contribution in [1.82, 2.24) is 5.32 Å². The molecule has 0 saturated heterocycles. The smallest absolute Gasteiger partial charge is 0.338 e. The first-order valence-corrected chi connectivity index (χ1v) is 7.28. The molecule has 6 heteroatoms. The summed E-state index contributed by atoms with van der Waals surface area (Å²) in [6.45, 7) is 3.40. The van der Waals surface area contributed by atoms with Crippen molar-refractivity contribution < 1.29 is 23.8 Å². The van der Waals surface area contributed by atoms with Gasteiger partial charge in [-0.15, -0.1) is 0 Å². The molecule has 1 unspecified atom stereocenters. The molecular weight excluding hydrogens is 298 g/mol. The highest BCUT2D eigenvalue weighted by Gasteiger charge is 2.15. The van der Waals surface area contributed by atoms with Gasteiger partial charge in [0.25, 0.3) is 5.91 Å². The molecule has 2 N–H and O–H groups in total. The maximum absolute atomic E-state index is 11.8. The number of ether oxygens (including phenoxy) is 1. The van der Waals surface area contributed by atoms with Gasteiger partial charge in [0, 0.05) is 12.6 Å². The van der Waals surface area contributed by atoms with Crippen LogP contribution in [0.5, 0.6) is 0 Å². The maximum Gasteiger partial charge on any atom is 0.338 e. The largest absolute Gasteiger partial charge is 0.478 e. The number of nitrogens with one attached hydrogen (secondary N) is 1. The van der Waals surface area contributed by atoms with Gasteiger partial charge in [-0.3, -0.25) is 4.79 Å². The van der Waals surface area contributed by atoms with Crippen LogP contribution in [0.15, 0.2) is 47.1 Å². The molecule has 0 aliphatic carbocycles. The Balaban J connectivity index is 1.70. The van der Waals surface area contributed by atoms with Crippen LogP contribution in [0.25, 0.3) is 0 Å². The number of hydrogen-bond donors (Lipinski definition) is 2. The van der Waals surface area contributed by atoms with Gasteiger partial charge < -0.3 is 19.6 Å². The van der Waals surface area contributed by atoms with Crippen LogP contribution in [-0.2, 0) is 11.3 Å². The lowest BCUT2D eigenvalue weighted by Gasteiger charge is -2.12. The number of hydrogen-bond acceptors (Lipinski definition) is 4. The van der Waals surface area contributed by atoms with Crippen molar-refractivity contribution >= 4 is 11.9 Å². The van der Waals surface area contributed by atoms with Crippen LogP contribution in [0.2, 0.25) is 0 Å². The van der Waals surface area contributed by atoms with Gasteiger partial charge in [0.1, 0.15) is 6.26 Å². The number of aromatic carboxylic acids is 1. The minimum atomic E-state index is -1.13. The Kier molecular flexibility index (Phi) is 5.94. The van der Waals surface area contributed by atoms with Gasteiger partial charge in [0.05, 0.1) is 18.8 Å². The van der Waals surface area contributed by atoms with E-state index in [0.717, 1.165) is 11.8 Å². The van der Waals surface area contributed by atoms with E-state index in [9.17, 15) is 9.59 Å². The van der Waals surface area contributed by atoms with Gasteiger partial charge >= 0.3 is 5.97 Å². The van der Waals surface area contributed by atoms with E-state index in [1.54, 1.807) is 0 Å². The Morgan fingerprint density at radius 2 is 2.04 bits per heavy atom. The van der Waals surface area contributed by atoms with E-state index >= 15 is 0 Å². The Morgan fingerprint density at radius 3 is 2.70 bits per heavy atom. The second kappa shape index (κ2) is 8.14. The highest BCUT2D eigenvalue weighted by molar-refractivity contribution is 5.95. The molecule has 6 nitrogen and oxygen atoms in total. The molecule has 1 atom stereocenters. The first-order chi connectivity index (χ1) is 11.1. The lowest BCUT2D eigenvalue weighted by atomic mass is 10.2. The van der Waals surface area contributed by atoms with Crippen LogP contribution in [0.1, 0.15) is 33.4 Å². The first-order valence-electron chi connectivity index (χ1n) is 7.28. The first kappa shape index (κ1) is 16.8. The molecule has 23 heavy (non-hydrogen) atoms. The van der Waals surface area contributed by atoms with E-state index < -0.39 is 11.9 Å². The summed E-state index contributed by atoms with van der Waals surface area (Å²) < 4.78 is 10.5. The van der Waals surface area contributed by atoms with Crippen LogP contribution in [0, 0.1) is 5.92 Å². The van der Waals surface area contributed by atoms with Crippen LogP contribution in [0.4, 0.5) is 0 Å². The van der Waals surface area contributed by atoms with Crippen molar-refractivity contribution in [2.45, 2.75) is 13.5 Å². The fourth-order valence-corrected chi connectivity index (χ4v) is 1.93. The van der Waals surface area contributed by atoms with Gasteiger partial charge in [0.15, 0.2) is 5.76 Å². The molecule has 1 heterocycles. The fourth-order valence-electron chi connectivity index (χ4n) is 1.93. The van der Waals surface area contributed by atoms with Crippen molar-refractivity contribution in [3.63, 3.8) is 0 Å². The standard InChI is InChI=1S/C17H19NO5/c1-12(9-22-10-13-5-3-2-4-6-13)8-18-16(19)15-7-14(11-23-15)17(20)21/h2-7,11-12H,8-10H2,1H3,(H,18,19)(H,20,21). The predicted molar refractivity (Wildman–Crippen MR) is 83.3 cm³/mol. The van der Waals surface area contributed by atoms with Crippen LogP contribution < -0.4 is 5.32 Å². The Hall–Kier alpha value is -2.60. The van der Waals surface area contributed by atoms with Crippen molar-refractivity contribution in [3.8, 4) is 0 Å². The Bertz CT molecular complexity index is 650. The van der Waals surface area contributed by atoms with Crippen molar-refractivity contribution in [1.29, 1.82) is 0 Å². The summed E-state index contributed by atoms with van der Waals surface area (Å²) in [6.07, 6.45) is 1.05. The molecule has 2 rings (SSSR count). The number of carbonyl (C=O) groups excluding carboxylic acids is 1. The maximum atomic E-state index is 11.8. The second-order valence-electron chi connectivity index (χ2n) is 5.32. The Labute approximate surface area is 134 Å². The minimum Gasteiger partial charge on any atom is -0.478 e. The molecule has 0 aliphatic heterocycles. The third-order valence-corrected chi connectivity index (χ3v) is 3.20. The molecule has 0 radical (unpaired) electrons. The van der Waals surface area contributed by atoms with Gasteiger partial charge in [-0.1, -0.05) is 37.3 Å². The zero-order valence-corrected chi connectivity index (χ0v) is 12.8. The molecular formula is C17H19NO5. The lowest BCUT2D eigenvalue weighted by Crippen LogP contribution is -2.29.